The van der Waals surface area contributed by atoms with Crippen molar-refractivity contribution >= 4 is 11.6 Å². The summed E-state index contributed by atoms with van der Waals surface area (Å²) in [5.74, 6) is 1.31. The van der Waals surface area contributed by atoms with Crippen molar-refractivity contribution in [3.8, 4) is 0 Å². The SMILES string of the molecule is C[C@H]1C[C@H](C)CN(CCCNC(=O)Cc2ccccc2[N+](=O)[O-])C1. The Labute approximate surface area is 143 Å². The van der Waals surface area contributed by atoms with Crippen molar-refractivity contribution in [2.24, 2.45) is 11.8 Å². The number of likely N-dealkylation sites (tertiary alicyclic amines) is 1. The van der Waals surface area contributed by atoms with E-state index in [2.05, 4.69) is 24.1 Å². The molecule has 0 bridgehead atoms. The number of rotatable bonds is 7. The predicted molar refractivity (Wildman–Crippen MR) is 93.8 cm³/mol. The van der Waals surface area contributed by atoms with Crippen LogP contribution in [0.5, 0.6) is 0 Å². The zero-order valence-corrected chi connectivity index (χ0v) is 14.5. The van der Waals surface area contributed by atoms with Crippen molar-refractivity contribution in [2.75, 3.05) is 26.2 Å². The number of nitro benzene ring substituents is 1. The number of amides is 1. The van der Waals surface area contributed by atoms with E-state index < -0.39 is 4.92 Å². The Morgan fingerprint density at radius 2 is 1.96 bits per heavy atom. The summed E-state index contributed by atoms with van der Waals surface area (Å²) in [5.41, 5.74) is 0.461. The Hall–Kier alpha value is -1.95. The molecule has 1 aromatic rings. The molecule has 1 aliphatic heterocycles. The second kappa shape index (κ2) is 8.78. The van der Waals surface area contributed by atoms with Gasteiger partial charge in [-0.25, -0.2) is 0 Å². The van der Waals surface area contributed by atoms with Crippen LogP contribution in [0.3, 0.4) is 0 Å². The molecule has 1 aliphatic rings. The second-order valence-corrected chi connectivity index (χ2v) is 6.97. The van der Waals surface area contributed by atoms with Crippen LogP contribution < -0.4 is 5.32 Å². The van der Waals surface area contributed by atoms with Crippen molar-refractivity contribution in [3.63, 3.8) is 0 Å². The zero-order valence-electron chi connectivity index (χ0n) is 14.5. The van der Waals surface area contributed by atoms with Gasteiger partial charge in [0.05, 0.1) is 11.3 Å². The average Bonchev–Trinajstić information content (AvgIpc) is 2.51. The Balaban J connectivity index is 1.71. The summed E-state index contributed by atoms with van der Waals surface area (Å²) in [6.07, 6.45) is 2.25. The van der Waals surface area contributed by atoms with Crippen LogP contribution in [0.15, 0.2) is 24.3 Å². The predicted octanol–water partition coefficient (Wildman–Crippen LogP) is 2.62. The maximum atomic E-state index is 12.0. The third-order valence-electron chi connectivity index (χ3n) is 4.46. The van der Waals surface area contributed by atoms with Crippen LogP contribution in [0.2, 0.25) is 0 Å². The van der Waals surface area contributed by atoms with Gasteiger partial charge in [0.15, 0.2) is 0 Å². The average molecular weight is 333 g/mol. The number of carbonyl (C=O) groups is 1. The Bertz CT molecular complexity index is 566. The van der Waals surface area contributed by atoms with Gasteiger partial charge < -0.3 is 10.2 Å². The molecule has 1 aromatic carbocycles. The number of carbonyl (C=O) groups excluding carboxylic acids is 1. The molecule has 0 saturated carbocycles. The van der Waals surface area contributed by atoms with Crippen LogP contribution in [0.1, 0.15) is 32.3 Å². The maximum Gasteiger partial charge on any atom is 0.273 e. The fourth-order valence-electron chi connectivity index (χ4n) is 3.58. The van der Waals surface area contributed by atoms with Gasteiger partial charge in [0.25, 0.3) is 5.69 Å². The van der Waals surface area contributed by atoms with Crippen molar-refractivity contribution < 1.29 is 9.72 Å². The van der Waals surface area contributed by atoms with Crippen LogP contribution in [0, 0.1) is 22.0 Å². The van der Waals surface area contributed by atoms with Gasteiger partial charge in [-0.2, -0.15) is 0 Å². The molecule has 1 amide bonds. The quantitative estimate of drug-likeness (QED) is 0.473. The minimum atomic E-state index is -0.443. The molecule has 1 fully saturated rings. The topological polar surface area (TPSA) is 75.5 Å². The number of para-hydroxylation sites is 1. The van der Waals surface area contributed by atoms with Crippen LogP contribution >= 0.6 is 0 Å². The van der Waals surface area contributed by atoms with E-state index in [1.165, 1.54) is 12.5 Å². The van der Waals surface area contributed by atoms with Gasteiger partial charge in [0, 0.05) is 31.3 Å². The van der Waals surface area contributed by atoms with Crippen LogP contribution in [-0.2, 0) is 11.2 Å². The van der Waals surface area contributed by atoms with Crippen LogP contribution in [0.4, 0.5) is 5.69 Å². The molecule has 1 saturated heterocycles. The number of hydrogen-bond acceptors (Lipinski definition) is 4. The summed E-state index contributed by atoms with van der Waals surface area (Å²) in [5, 5.41) is 13.8. The molecular formula is C18H27N3O3. The van der Waals surface area contributed by atoms with E-state index in [-0.39, 0.29) is 18.0 Å². The van der Waals surface area contributed by atoms with Gasteiger partial charge in [-0.15, -0.1) is 0 Å². The molecule has 0 unspecified atom stereocenters. The highest BCUT2D eigenvalue weighted by Gasteiger charge is 2.21. The minimum absolute atomic E-state index is 0.00365. The van der Waals surface area contributed by atoms with Crippen molar-refractivity contribution in [2.45, 2.75) is 33.1 Å². The number of benzene rings is 1. The first-order valence-electron chi connectivity index (χ1n) is 8.67. The molecule has 2 rings (SSSR count). The van der Waals surface area contributed by atoms with Crippen molar-refractivity contribution in [1.29, 1.82) is 0 Å². The van der Waals surface area contributed by atoms with E-state index in [0.717, 1.165) is 37.9 Å². The molecule has 6 heteroatoms. The Kier molecular flexibility index (Phi) is 6.73. The van der Waals surface area contributed by atoms with Crippen molar-refractivity contribution in [1.82, 2.24) is 10.2 Å². The number of nitro groups is 1. The van der Waals surface area contributed by atoms with E-state index in [1.807, 2.05) is 0 Å². The third-order valence-corrected chi connectivity index (χ3v) is 4.46. The van der Waals surface area contributed by atoms with E-state index >= 15 is 0 Å². The lowest BCUT2D eigenvalue weighted by molar-refractivity contribution is -0.385. The largest absolute Gasteiger partial charge is 0.356 e. The number of piperidine rings is 1. The highest BCUT2D eigenvalue weighted by atomic mass is 16.6. The molecular weight excluding hydrogens is 306 g/mol. The number of nitrogens with zero attached hydrogens (tertiary/aromatic N) is 2. The second-order valence-electron chi connectivity index (χ2n) is 6.97. The molecule has 0 spiro atoms. The number of hydrogen-bond donors (Lipinski definition) is 1. The summed E-state index contributed by atoms with van der Waals surface area (Å²) < 4.78 is 0. The van der Waals surface area contributed by atoms with E-state index in [0.29, 0.717) is 12.1 Å². The molecule has 0 aromatic heterocycles. The fourth-order valence-corrected chi connectivity index (χ4v) is 3.58. The fraction of sp³-hybridized carbons (Fsp3) is 0.611. The summed E-state index contributed by atoms with van der Waals surface area (Å²) in [4.78, 5) is 25.0. The first-order valence-corrected chi connectivity index (χ1v) is 8.67. The van der Waals surface area contributed by atoms with E-state index in [4.69, 9.17) is 0 Å². The summed E-state index contributed by atoms with van der Waals surface area (Å²) in [6.45, 7) is 8.44. The van der Waals surface area contributed by atoms with Gasteiger partial charge in [0.2, 0.25) is 5.91 Å². The molecule has 1 heterocycles. The molecule has 2 atom stereocenters. The van der Waals surface area contributed by atoms with Crippen LogP contribution in [0.25, 0.3) is 0 Å². The van der Waals surface area contributed by atoms with Gasteiger partial charge in [0.1, 0.15) is 0 Å². The number of nitrogens with one attached hydrogen (secondary N) is 1. The zero-order chi connectivity index (χ0) is 17.5. The minimum Gasteiger partial charge on any atom is -0.356 e. The standard InChI is InChI=1S/C18H27N3O3/c1-14-10-15(2)13-20(12-14)9-5-8-19-18(22)11-16-6-3-4-7-17(16)21(23)24/h3-4,6-7,14-15H,5,8-13H2,1-2H3,(H,19,22)/t14-,15-/m0/s1. The van der Waals surface area contributed by atoms with Crippen LogP contribution in [-0.4, -0.2) is 41.9 Å². The van der Waals surface area contributed by atoms with E-state index in [9.17, 15) is 14.9 Å². The molecule has 0 radical (unpaired) electrons. The van der Waals surface area contributed by atoms with Gasteiger partial charge in [-0.3, -0.25) is 14.9 Å². The first-order chi connectivity index (χ1) is 11.5. The maximum absolute atomic E-state index is 12.0. The van der Waals surface area contributed by atoms with Crippen molar-refractivity contribution in [3.05, 3.63) is 39.9 Å². The van der Waals surface area contributed by atoms with Gasteiger partial charge in [-0.05, 0) is 31.2 Å². The normalized spacial score (nSPS) is 21.4. The summed E-state index contributed by atoms with van der Waals surface area (Å²) in [7, 11) is 0. The van der Waals surface area contributed by atoms with Gasteiger partial charge in [-0.1, -0.05) is 32.0 Å². The lowest BCUT2D eigenvalue weighted by atomic mass is 9.92. The lowest BCUT2D eigenvalue weighted by Gasteiger charge is -2.34. The molecule has 1 N–H and O–H groups in total. The Morgan fingerprint density at radius 3 is 2.62 bits per heavy atom. The molecule has 0 aliphatic carbocycles. The summed E-state index contributed by atoms with van der Waals surface area (Å²) >= 11 is 0. The summed E-state index contributed by atoms with van der Waals surface area (Å²) in [6, 6.07) is 6.39. The third kappa shape index (κ3) is 5.60. The monoisotopic (exact) mass is 333 g/mol. The molecule has 24 heavy (non-hydrogen) atoms. The first kappa shape index (κ1) is 18.4. The highest BCUT2D eigenvalue weighted by molar-refractivity contribution is 5.79. The highest BCUT2D eigenvalue weighted by Crippen LogP contribution is 2.21. The lowest BCUT2D eigenvalue weighted by Crippen LogP contribution is -2.40. The molecule has 132 valence electrons. The smallest absolute Gasteiger partial charge is 0.273 e. The molecule has 6 nitrogen and oxygen atoms in total. The van der Waals surface area contributed by atoms with E-state index in [1.54, 1.807) is 18.2 Å². The van der Waals surface area contributed by atoms with Gasteiger partial charge >= 0.3 is 0 Å². The Morgan fingerprint density at radius 1 is 1.29 bits per heavy atom.